The second kappa shape index (κ2) is 13.3. The van der Waals surface area contributed by atoms with Gasteiger partial charge in [0.15, 0.2) is 11.6 Å². The minimum Gasteiger partial charge on any atom is -0.404 e. The van der Waals surface area contributed by atoms with Crippen LogP contribution in [-0.4, -0.2) is 43.6 Å². The van der Waals surface area contributed by atoms with Gasteiger partial charge in [0.2, 0.25) is 5.95 Å². The van der Waals surface area contributed by atoms with E-state index >= 15 is 0 Å². The molecule has 0 amide bonds. The summed E-state index contributed by atoms with van der Waals surface area (Å²) in [5, 5.41) is 7.18. The van der Waals surface area contributed by atoms with Crippen molar-refractivity contribution in [3.63, 3.8) is 0 Å². The molecule has 228 valence electrons. The van der Waals surface area contributed by atoms with Crippen LogP contribution in [-0.2, 0) is 11.3 Å². The third kappa shape index (κ3) is 6.33. The topological polar surface area (TPSA) is 116 Å². The van der Waals surface area contributed by atoms with Gasteiger partial charge in [-0.2, -0.15) is 4.98 Å². The molecular formula is C34H26FN7O3S. The van der Waals surface area contributed by atoms with Crippen molar-refractivity contribution in [3.05, 3.63) is 124 Å². The number of anilines is 2. The number of hydrogen-bond donors (Lipinski definition) is 2. The number of halogens is 1. The van der Waals surface area contributed by atoms with Crippen LogP contribution in [0.5, 0.6) is 5.75 Å². The molecule has 0 saturated carbocycles. The maximum absolute atomic E-state index is 14.1. The molecule has 0 radical (unpaired) electrons. The van der Waals surface area contributed by atoms with Gasteiger partial charge in [-0.05, 0) is 71.0 Å². The Labute approximate surface area is 267 Å². The summed E-state index contributed by atoms with van der Waals surface area (Å²) in [6.07, 6.45) is 9.28. The zero-order valence-electron chi connectivity index (χ0n) is 24.3. The normalized spacial score (nSPS) is 14.4. The number of rotatable bonds is 7. The summed E-state index contributed by atoms with van der Waals surface area (Å²) in [6.45, 7) is 2.47. The summed E-state index contributed by atoms with van der Waals surface area (Å²) in [7, 11) is 0. The maximum Gasteiger partial charge on any atom is 0.268 e. The van der Waals surface area contributed by atoms with E-state index in [1.807, 2.05) is 36.4 Å². The van der Waals surface area contributed by atoms with Crippen LogP contribution >= 0.6 is 11.5 Å². The maximum atomic E-state index is 14.1. The lowest BCUT2D eigenvalue weighted by molar-refractivity contribution is 0.0277. The Morgan fingerprint density at radius 2 is 1.96 bits per heavy atom. The Bertz CT molecular complexity index is 2120. The molecule has 5 heterocycles. The molecular weight excluding hydrogens is 605 g/mol. The zero-order chi connectivity index (χ0) is 31.3. The monoisotopic (exact) mass is 631 g/mol. The van der Waals surface area contributed by atoms with E-state index in [0.717, 1.165) is 40.3 Å². The molecule has 12 heteroatoms. The summed E-state index contributed by atoms with van der Waals surface area (Å²) >= 11 is 1.33. The Balaban J connectivity index is 1.24. The average Bonchev–Trinajstić information content (AvgIpc) is 3.57. The van der Waals surface area contributed by atoms with Gasteiger partial charge in [0, 0.05) is 54.5 Å². The van der Waals surface area contributed by atoms with Gasteiger partial charge in [-0.3, -0.25) is 14.3 Å². The molecule has 2 N–H and O–H groups in total. The number of ether oxygens (including phenoxy) is 2. The second-order valence-corrected chi connectivity index (χ2v) is 11.2. The number of nitrogens with one attached hydrogen (secondary N) is 2. The van der Waals surface area contributed by atoms with Gasteiger partial charge in [-0.25, -0.2) is 13.7 Å². The Hall–Kier alpha value is -5.48. The fraction of sp³-hybridized carbons (Fsp3) is 0.147. The first kappa shape index (κ1) is 29.2. The first-order chi connectivity index (χ1) is 22.6. The molecule has 0 bridgehead atoms. The smallest absolute Gasteiger partial charge is 0.268 e. The van der Waals surface area contributed by atoms with E-state index in [-0.39, 0.29) is 29.5 Å². The van der Waals surface area contributed by atoms with Crippen LogP contribution in [0.15, 0.2) is 96.3 Å². The van der Waals surface area contributed by atoms with E-state index in [0.29, 0.717) is 23.6 Å². The average molecular weight is 632 g/mol. The highest BCUT2D eigenvalue weighted by Gasteiger charge is 2.17. The summed E-state index contributed by atoms with van der Waals surface area (Å²) < 4.78 is 31.2. The Morgan fingerprint density at radius 3 is 2.76 bits per heavy atom. The molecule has 0 aliphatic carbocycles. The molecule has 1 fully saturated rings. The van der Waals surface area contributed by atoms with Crippen molar-refractivity contribution in [2.24, 2.45) is 0 Å². The van der Waals surface area contributed by atoms with Crippen LogP contribution in [0.2, 0.25) is 0 Å². The molecule has 2 aromatic carbocycles. The molecule has 46 heavy (non-hydrogen) atoms. The van der Waals surface area contributed by atoms with E-state index in [1.165, 1.54) is 23.7 Å². The quantitative estimate of drug-likeness (QED) is 0.227. The first-order valence-corrected chi connectivity index (χ1v) is 15.3. The highest BCUT2D eigenvalue weighted by molar-refractivity contribution is 7.09. The summed E-state index contributed by atoms with van der Waals surface area (Å²) in [5.41, 5.74) is 3.80. The number of para-hydroxylation sites is 1. The number of nitrogens with zero attached hydrogens (tertiary/aromatic N) is 5. The Kier molecular flexibility index (Phi) is 8.42. The van der Waals surface area contributed by atoms with E-state index < -0.39 is 5.82 Å². The standard InChI is InChI=1S/C34H26FN7O3S/c35-28-3-1-2-4-29(28)44-15-11-24-17-25-18-38-34(40-27-7-5-22(6-8-27)30-20-37-14-16-45-30)41-32(25)42(33(24)43)21-26-19-39-46-31(26)23-9-12-36-13-10-23/h1-10,12-13,17-19,30,37H,14,16,20-21H2,(H,38,40,41). The van der Waals surface area contributed by atoms with Crippen molar-refractivity contribution in [3.8, 4) is 28.2 Å². The van der Waals surface area contributed by atoms with Crippen molar-refractivity contribution in [1.82, 2.24) is 29.2 Å². The summed E-state index contributed by atoms with van der Waals surface area (Å²) in [5.74, 6) is 2.49. The van der Waals surface area contributed by atoms with Crippen molar-refractivity contribution in [1.29, 1.82) is 0 Å². The van der Waals surface area contributed by atoms with Crippen LogP contribution in [0.4, 0.5) is 16.0 Å². The van der Waals surface area contributed by atoms with Crippen molar-refractivity contribution < 1.29 is 13.9 Å². The van der Waals surface area contributed by atoms with E-state index in [2.05, 4.69) is 37.0 Å². The third-order valence-corrected chi connectivity index (χ3v) is 8.28. The van der Waals surface area contributed by atoms with Gasteiger partial charge in [-0.15, -0.1) is 0 Å². The zero-order valence-corrected chi connectivity index (χ0v) is 25.1. The fourth-order valence-electron chi connectivity index (χ4n) is 5.09. The van der Waals surface area contributed by atoms with E-state index in [4.69, 9.17) is 14.5 Å². The molecule has 1 unspecified atom stereocenters. The molecule has 1 aliphatic rings. The number of pyridine rings is 2. The number of benzene rings is 2. The number of hydrogen-bond acceptors (Lipinski definition) is 10. The lowest BCUT2D eigenvalue weighted by Gasteiger charge is -2.24. The third-order valence-electron chi connectivity index (χ3n) is 7.39. The molecule has 0 spiro atoms. The van der Waals surface area contributed by atoms with Crippen LogP contribution in [0.3, 0.4) is 0 Å². The van der Waals surface area contributed by atoms with Gasteiger partial charge < -0.3 is 20.1 Å². The van der Waals surface area contributed by atoms with Gasteiger partial charge in [-0.1, -0.05) is 24.3 Å². The number of fused-ring (bicyclic) bond motifs is 1. The lowest BCUT2D eigenvalue weighted by atomic mass is 10.1. The second-order valence-electron chi connectivity index (χ2n) is 10.4. The molecule has 1 atom stereocenters. The van der Waals surface area contributed by atoms with Gasteiger partial charge in [0.1, 0.15) is 11.8 Å². The van der Waals surface area contributed by atoms with Crippen LogP contribution in [0.1, 0.15) is 22.8 Å². The highest BCUT2D eigenvalue weighted by atomic mass is 32.1. The number of aromatic nitrogens is 5. The molecule has 7 rings (SSSR count). The van der Waals surface area contributed by atoms with Crippen LogP contribution in [0, 0.1) is 17.8 Å². The van der Waals surface area contributed by atoms with E-state index in [9.17, 15) is 9.18 Å². The van der Waals surface area contributed by atoms with Crippen molar-refractivity contribution >= 4 is 34.2 Å². The van der Waals surface area contributed by atoms with Gasteiger partial charge in [0.05, 0.1) is 29.7 Å². The minimum atomic E-state index is -0.552. The van der Waals surface area contributed by atoms with E-state index in [1.54, 1.807) is 47.6 Å². The van der Waals surface area contributed by atoms with Gasteiger partial charge >= 0.3 is 0 Å². The molecule has 1 saturated heterocycles. The summed E-state index contributed by atoms with van der Waals surface area (Å²) in [4.78, 5) is 28.2. The molecule has 4 aromatic heterocycles. The van der Waals surface area contributed by atoms with Crippen molar-refractivity contribution in [2.75, 3.05) is 25.0 Å². The predicted molar refractivity (Wildman–Crippen MR) is 173 cm³/mol. The highest BCUT2D eigenvalue weighted by Crippen LogP contribution is 2.29. The SMILES string of the molecule is O=c1c(C#COc2ccccc2F)cc2cnc(Nc3ccc(C4CNCCO4)cc3)nc2n1Cc1cnsc1-c1ccncc1. The number of morpholine rings is 1. The van der Waals surface area contributed by atoms with Gasteiger partial charge in [0.25, 0.3) is 5.56 Å². The van der Waals surface area contributed by atoms with Crippen LogP contribution < -0.4 is 20.9 Å². The fourth-order valence-corrected chi connectivity index (χ4v) is 5.85. The summed E-state index contributed by atoms with van der Waals surface area (Å²) in [6, 6.07) is 19.2. The lowest BCUT2D eigenvalue weighted by Crippen LogP contribution is -2.33. The molecule has 10 nitrogen and oxygen atoms in total. The molecule has 1 aliphatic heterocycles. The first-order valence-electron chi connectivity index (χ1n) is 14.5. The predicted octanol–water partition coefficient (Wildman–Crippen LogP) is 5.29. The minimum absolute atomic E-state index is 0.00667. The van der Waals surface area contributed by atoms with Crippen LogP contribution in [0.25, 0.3) is 21.5 Å². The van der Waals surface area contributed by atoms with Crippen molar-refractivity contribution in [2.45, 2.75) is 12.6 Å². The Morgan fingerprint density at radius 1 is 1.11 bits per heavy atom. The molecule has 6 aromatic rings. The largest absolute Gasteiger partial charge is 0.404 e.